The van der Waals surface area contributed by atoms with Crippen molar-refractivity contribution in [2.45, 2.75) is 51.4 Å². The summed E-state index contributed by atoms with van der Waals surface area (Å²) < 4.78 is 4.78. The third-order valence-corrected chi connectivity index (χ3v) is 12.3. The molecule has 1 atom stereocenters. The quantitative estimate of drug-likeness (QED) is 0.549. The first kappa shape index (κ1) is 14.9. The third kappa shape index (κ3) is 6.90. The first-order chi connectivity index (χ1) is 6.57. The predicted octanol–water partition coefficient (Wildman–Crippen LogP) is 3.38. The maximum atomic E-state index is 11.4. The summed E-state index contributed by atoms with van der Waals surface area (Å²) in [5, 5.41) is 0. The molecule has 15 heavy (non-hydrogen) atoms. The number of ether oxygens (including phenoxy) is 1. The van der Waals surface area contributed by atoms with Crippen LogP contribution in [0.5, 0.6) is 0 Å². The molecule has 90 valence electrons. The lowest BCUT2D eigenvalue weighted by Crippen LogP contribution is -2.39. The maximum absolute atomic E-state index is 11.4. The van der Waals surface area contributed by atoms with Crippen molar-refractivity contribution in [3.63, 3.8) is 0 Å². The van der Waals surface area contributed by atoms with Crippen LogP contribution < -0.4 is 0 Å². The van der Waals surface area contributed by atoms with Crippen LogP contribution in [0.15, 0.2) is 0 Å². The fraction of sp³-hybridized carbons (Fsp3) is 0.909. The lowest BCUT2D eigenvalue weighted by Gasteiger charge is -2.31. The number of rotatable bonds is 5. The van der Waals surface area contributed by atoms with Crippen LogP contribution >= 0.6 is 0 Å². The van der Waals surface area contributed by atoms with Crippen molar-refractivity contribution in [3.8, 4) is 0 Å². The van der Waals surface area contributed by atoms with Crippen molar-refractivity contribution in [1.82, 2.24) is 0 Å². The maximum Gasteiger partial charge on any atom is 0.308 e. The van der Waals surface area contributed by atoms with Crippen LogP contribution in [-0.4, -0.2) is 29.2 Å². The average Bonchev–Trinajstić information content (AvgIpc) is 1.96. The van der Waals surface area contributed by atoms with E-state index >= 15 is 0 Å². The predicted molar refractivity (Wildman–Crippen MR) is 71.6 cm³/mol. The van der Waals surface area contributed by atoms with Gasteiger partial charge in [0.15, 0.2) is 0 Å². The van der Waals surface area contributed by atoms with Crippen LogP contribution in [0.4, 0.5) is 0 Å². The molecular weight excluding hydrogens is 220 g/mol. The summed E-state index contributed by atoms with van der Waals surface area (Å²) in [5.41, 5.74) is 1.39. The molecule has 0 aliphatic rings. The van der Waals surface area contributed by atoms with Crippen molar-refractivity contribution in [2.75, 3.05) is 7.11 Å². The average molecular weight is 246 g/mol. The number of hydrogen-bond acceptors (Lipinski definition) is 2. The Morgan fingerprint density at radius 3 is 2.00 bits per heavy atom. The molecule has 0 fully saturated rings. The molecule has 0 rings (SSSR count). The van der Waals surface area contributed by atoms with Gasteiger partial charge in [-0.2, -0.15) is 0 Å². The van der Waals surface area contributed by atoms with E-state index in [2.05, 4.69) is 32.7 Å². The van der Waals surface area contributed by atoms with Crippen molar-refractivity contribution in [3.05, 3.63) is 0 Å². The van der Waals surface area contributed by atoms with Gasteiger partial charge in [-0.25, -0.2) is 0 Å². The van der Waals surface area contributed by atoms with Gasteiger partial charge in [0.2, 0.25) is 0 Å². The zero-order chi connectivity index (χ0) is 12.3. The largest absolute Gasteiger partial charge is 0.469 e. The summed E-state index contributed by atoms with van der Waals surface area (Å²) in [6.07, 6.45) is 0. The summed E-state index contributed by atoms with van der Waals surface area (Å²) in [5.74, 6) is 0.0270. The van der Waals surface area contributed by atoms with Gasteiger partial charge in [0, 0.05) is 16.1 Å². The lowest BCUT2D eigenvalue weighted by molar-refractivity contribution is -0.144. The standard InChI is InChI=1S/C11H26O2Si2/c1-10(11(12)13-2)8-15(6,7)9-14(3,4)5/h10H,8-9H2,1-7H3. The highest BCUT2D eigenvalue weighted by Crippen LogP contribution is 2.26. The Morgan fingerprint density at radius 2 is 1.67 bits per heavy atom. The van der Waals surface area contributed by atoms with Crippen molar-refractivity contribution in [2.24, 2.45) is 5.92 Å². The second kappa shape index (κ2) is 5.30. The summed E-state index contributed by atoms with van der Waals surface area (Å²) in [6, 6.07) is 1.06. The molecule has 0 N–H and O–H groups in total. The molecule has 0 aromatic rings. The number of carbonyl (C=O) groups excluding carboxylic acids is 1. The van der Waals surface area contributed by atoms with Crippen LogP contribution in [0, 0.1) is 5.92 Å². The van der Waals surface area contributed by atoms with Gasteiger partial charge in [0.1, 0.15) is 0 Å². The fourth-order valence-electron chi connectivity index (χ4n) is 2.62. The molecule has 1 unspecified atom stereocenters. The van der Waals surface area contributed by atoms with Gasteiger partial charge in [0.25, 0.3) is 0 Å². The zero-order valence-corrected chi connectivity index (χ0v) is 13.3. The number of hydrogen-bond donors (Lipinski definition) is 0. The smallest absolute Gasteiger partial charge is 0.308 e. The highest BCUT2D eigenvalue weighted by atomic mass is 28.4. The summed E-state index contributed by atoms with van der Waals surface area (Å²) in [4.78, 5) is 11.4. The Labute approximate surface area is 96.4 Å². The zero-order valence-electron chi connectivity index (χ0n) is 11.3. The number of methoxy groups -OCH3 is 1. The third-order valence-electron chi connectivity index (χ3n) is 2.47. The van der Waals surface area contributed by atoms with Gasteiger partial charge < -0.3 is 4.74 Å². The van der Waals surface area contributed by atoms with E-state index in [0.29, 0.717) is 0 Å². The first-order valence-corrected chi connectivity index (χ1v) is 12.8. The minimum atomic E-state index is -1.22. The van der Waals surface area contributed by atoms with Gasteiger partial charge >= 0.3 is 5.97 Å². The SMILES string of the molecule is COC(=O)C(C)C[Si](C)(C)C[Si](C)(C)C. The second-order valence-electron chi connectivity index (χ2n) is 6.53. The van der Waals surface area contributed by atoms with E-state index in [1.165, 1.54) is 12.8 Å². The molecule has 4 heteroatoms. The van der Waals surface area contributed by atoms with Crippen LogP contribution in [0.1, 0.15) is 6.92 Å². The van der Waals surface area contributed by atoms with E-state index in [9.17, 15) is 4.79 Å². The van der Waals surface area contributed by atoms with E-state index in [4.69, 9.17) is 4.74 Å². The molecular formula is C11H26O2Si2. The molecule has 0 aromatic carbocycles. The molecule has 0 radical (unpaired) electrons. The van der Waals surface area contributed by atoms with E-state index in [1.54, 1.807) is 0 Å². The van der Waals surface area contributed by atoms with E-state index in [1.807, 2.05) is 6.92 Å². The molecule has 0 spiro atoms. The Morgan fingerprint density at radius 1 is 1.20 bits per heavy atom. The molecule has 0 aliphatic carbocycles. The highest BCUT2D eigenvalue weighted by molar-refractivity contribution is 6.94. The molecule has 0 saturated heterocycles. The summed E-state index contributed by atoms with van der Waals surface area (Å²) in [7, 11) is -0.737. The van der Waals surface area contributed by atoms with Gasteiger partial charge in [0.05, 0.1) is 13.0 Å². The van der Waals surface area contributed by atoms with E-state index in [-0.39, 0.29) is 11.9 Å². The molecule has 0 saturated carbocycles. The molecule has 2 nitrogen and oxygen atoms in total. The molecule has 0 bridgehead atoms. The minimum Gasteiger partial charge on any atom is -0.469 e. The Balaban J connectivity index is 4.31. The van der Waals surface area contributed by atoms with Gasteiger partial charge in [-0.05, 0) is 6.04 Å². The van der Waals surface area contributed by atoms with E-state index < -0.39 is 16.1 Å². The highest BCUT2D eigenvalue weighted by Gasteiger charge is 2.32. The minimum absolute atomic E-state index is 0.0499. The lowest BCUT2D eigenvalue weighted by atomic mass is 10.2. The Bertz CT molecular complexity index is 219. The van der Waals surface area contributed by atoms with Crippen molar-refractivity contribution < 1.29 is 9.53 Å². The second-order valence-corrected chi connectivity index (χ2v) is 17.8. The van der Waals surface area contributed by atoms with Gasteiger partial charge in [-0.1, -0.05) is 45.3 Å². The molecule has 0 aromatic heterocycles. The number of esters is 1. The first-order valence-electron chi connectivity index (χ1n) is 5.65. The van der Waals surface area contributed by atoms with Crippen molar-refractivity contribution in [1.29, 1.82) is 0 Å². The van der Waals surface area contributed by atoms with Gasteiger partial charge in [-0.3, -0.25) is 4.79 Å². The Hall–Kier alpha value is -0.0962. The van der Waals surface area contributed by atoms with E-state index in [0.717, 1.165) is 6.04 Å². The van der Waals surface area contributed by atoms with Crippen LogP contribution in [-0.2, 0) is 9.53 Å². The molecule has 0 heterocycles. The monoisotopic (exact) mass is 246 g/mol. The number of carbonyl (C=O) groups is 1. The molecule has 0 aliphatic heterocycles. The normalized spacial score (nSPS) is 14.9. The summed E-state index contributed by atoms with van der Waals surface area (Å²) in [6.45, 7) is 14.0. The molecule has 0 amide bonds. The van der Waals surface area contributed by atoms with Crippen LogP contribution in [0.25, 0.3) is 0 Å². The topological polar surface area (TPSA) is 26.3 Å². The van der Waals surface area contributed by atoms with Gasteiger partial charge in [-0.15, -0.1) is 0 Å². The summed E-state index contributed by atoms with van der Waals surface area (Å²) >= 11 is 0. The van der Waals surface area contributed by atoms with Crippen molar-refractivity contribution >= 4 is 22.1 Å². The Kier molecular flexibility index (Phi) is 5.26. The van der Waals surface area contributed by atoms with Crippen LogP contribution in [0.3, 0.4) is 0 Å². The van der Waals surface area contributed by atoms with Crippen LogP contribution in [0.2, 0.25) is 44.4 Å². The fourth-order valence-corrected chi connectivity index (χ4v) is 16.5.